The van der Waals surface area contributed by atoms with Crippen LogP contribution in [0.4, 0.5) is 4.39 Å². The van der Waals surface area contributed by atoms with Crippen molar-refractivity contribution in [2.45, 2.75) is 57.6 Å². The van der Waals surface area contributed by atoms with E-state index in [-0.39, 0.29) is 17.6 Å². The van der Waals surface area contributed by atoms with Crippen molar-refractivity contribution in [1.82, 2.24) is 10.2 Å². The Morgan fingerprint density at radius 3 is 2.59 bits per heavy atom. The van der Waals surface area contributed by atoms with Gasteiger partial charge in [0, 0.05) is 19.0 Å². The molecule has 27 heavy (non-hydrogen) atoms. The first-order valence-electron chi connectivity index (χ1n) is 10.5. The summed E-state index contributed by atoms with van der Waals surface area (Å²) in [6, 6.07) is 6.30. The molecule has 4 nitrogen and oxygen atoms in total. The number of nitrogens with zero attached hydrogens (tertiary/aromatic N) is 1. The number of hydrogen-bond acceptors (Lipinski definition) is 3. The number of carbonyl (C=O) groups is 1. The first-order valence-corrected chi connectivity index (χ1v) is 10.5. The Kier molecular flexibility index (Phi) is 5.79. The van der Waals surface area contributed by atoms with Gasteiger partial charge in [-0.25, -0.2) is 4.39 Å². The number of nitrogens with one attached hydrogen (secondary N) is 1. The molecule has 1 aromatic rings. The zero-order valence-electron chi connectivity index (χ0n) is 16.1. The van der Waals surface area contributed by atoms with Gasteiger partial charge in [0.2, 0.25) is 5.91 Å². The van der Waals surface area contributed by atoms with Gasteiger partial charge in [0.15, 0.2) is 0 Å². The lowest BCUT2D eigenvalue weighted by Gasteiger charge is -2.32. The maximum atomic E-state index is 12.9. The topological polar surface area (TPSA) is 41.6 Å². The summed E-state index contributed by atoms with van der Waals surface area (Å²) in [4.78, 5) is 14.9. The van der Waals surface area contributed by atoms with Crippen LogP contribution in [0.3, 0.4) is 0 Å². The van der Waals surface area contributed by atoms with Gasteiger partial charge in [-0.3, -0.25) is 4.79 Å². The molecule has 5 heteroatoms. The highest BCUT2D eigenvalue weighted by atomic mass is 19.1. The van der Waals surface area contributed by atoms with Crippen LogP contribution in [-0.4, -0.2) is 43.2 Å². The monoisotopic (exact) mass is 374 g/mol. The minimum absolute atomic E-state index is 0.0902. The third-order valence-electron chi connectivity index (χ3n) is 6.75. The van der Waals surface area contributed by atoms with E-state index in [0.29, 0.717) is 18.1 Å². The molecule has 0 aromatic heterocycles. The van der Waals surface area contributed by atoms with Crippen molar-refractivity contribution in [1.29, 1.82) is 0 Å². The summed E-state index contributed by atoms with van der Waals surface area (Å²) < 4.78 is 19.1. The molecule has 148 valence electrons. The molecule has 0 bridgehead atoms. The SMILES string of the molecule is O=C(NCc1ccc(F)cc1)C1CCN(CC2CC3(CCCC3)CO2)CC1. The van der Waals surface area contributed by atoms with Crippen molar-refractivity contribution in [2.75, 3.05) is 26.2 Å². The zero-order chi connectivity index (χ0) is 18.7. The van der Waals surface area contributed by atoms with Gasteiger partial charge in [0.05, 0.1) is 12.7 Å². The fraction of sp³-hybridized carbons (Fsp3) is 0.682. The molecule has 1 N–H and O–H groups in total. The van der Waals surface area contributed by atoms with Gasteiger partial charge >= 0.3 is 0 Å². The van der Waals surface area contributed by atoms with Crippen LogP contribution in [0.1, 0.15) is 50.5 Å². The maximum absolute atomic E-state index is 12.9. The molecule has 0 radical (unpaired) electrons. The normalized spacial score (nSPS) is 25.9. The van der Waals surface area contributed by atoms with Gasteiger partial charge in [-0.15, -0.1) is 0 Å². The zero-order valence-corrected chi connectivity index (χ0v) is 16.1. The average Bonchev–Trinajstić information content (AvgIpc) is 3.31. The largest absolute Gasteiger partial charge is 0.376 e. The third-order valence-corrected chi connectivity index (χ3v) is 6.75. The molecule has 4 rings (SSSR count). The van der Waals surface area contributed by atoms with E-state index in [9.17, 15) is 9.18 Å². The lowest BCUT2D eigenvalue weighted by Crippen LogP contribution is -2.43. The minimum Gasteiger partial charge on any atom is -0.376 e. The Balaban J connectivity index is 1.17. The number of rotatable bonds is 5. The highest BCUT2D eigenvalue weighted by molar-refractivity contribution is 5.78. The second-order valence-electron chi connectivity index (χ2n) is 8.76. The molecule has 1 spiro atoms. The number of ether oxygens (including phenoxy) is 1. The molecule has 3 aliphatic rings. The molecule has 1 atom stereocenters. The van der Waals surface area contributed by atoms with Gasteiger partial charge in [-0.2, -0.15) is 0 Å². The van der Waals surface area contributed by atoms with E-state index in [2.05, 4.69) is 10.2 Å². The van der Waals surface area contributed by atoms with E-state index < -0.39 is 0 Å². The summed E-state index contributed by atoms with van der Waals surface area (Å²) in [7, 11) is 0. The predicted molar refractivity (Wildman–Crippen MR) is 103 cm³/mol. The Bertz CT molecular complexity index is 634. The smallest absolute Gasteiger partial charge is 0.223 e. The Morgan fingerprint density at radius 2 is 1.89 bits per heavy atom. The Hall–Kier alpha value is -1.46. The van der Waals surface area contributed by atoms with Crippen LogP contribution in [0.5, 0.6) is 0 Å². The van der Waals surface area contributed by atoms with Crippen LogP contribution in [0, 0.1) is 17.2 Å². The van der Waals surface area contributed by atoms with E-state index in [1.807, 2.05) is 0 Å². The number of carbonyl (C=O) groups excluding carboxylic acids is 1. The summed E-state index contributed by atoms with van der Waals surface area (Å²) in [6.45, 7) is 4.39. The van der Waals surface area contributed by atoms with Crippen LogP contribution in [0.25, 0.3) is 0 Å². The van der Waals surface area contributed by atoms with Crippen molar-refractivity contribution in [3.63, 3.8) is 0 Å². The number of amides is 1. The van der Waals surface area contributed by atoms with Crippen LogP contribution >= 0.6 is 0 Å². The fourth-order valence-electron chi connectivity index (χ4n) is 5.09. The lowest BCUT2D eigenvalue weighted by atomic mass is 9.84. The highest BCUT2D eigenvalue weighted by Crippen LogP contribution is 2.46. The molecule has 2 aliphatic heterocycles. The van der Waals surface area contributed by atoms with Crippen LogP contribution in [-0.2, 0) is 16.1 Å². The van der Waals surface area contributed by atoms with Crippen LogP contribution in [0.15, 0.2) is 24.3 Å². The van der Waals surface area contributed by atoms with E-state index in [1.165, 1.54) is 44.2 Å². The second kappa shape index (κ2) is 8.27. The highest BCUT2D eigenvalue weighted by Gasteiger charge is 2.42. The fourth-order valence-corrected chi connectivity index (χ4v) is 5.09. The van der Waals surface area contributed by atoms with Crippen molar-refractivity contribution in [3.05, 3.63) is 35.6 Å². The van der Waals surface area contributed by atoms with Gasteiger partial charge in [-0.1, -0.05) is 25.0 Å². The van der Waals surface area contributed by atoms with E-state index >= 15 is 0 Å². The van der Waals surface area contributed by atoms with Crippen LogP contribution in [0.2, 0.25) is 0 Å². The number of likely N-dealkylation sites (tertiary alicyclic amines) is 1. The number of hydrogen-bond donors (Lipinski definition) is 1. The third kappa shape index (κ3) is 4.69. The first kappa shape index (κ1) is 18.9. The van der Waals surface area contributed by atoms with Crippen molar-refractivity contribution in [2.24, 2.45) is 11.3 Å². The number of halogens is 1. The Labute approximate surface area is 161 Å². The van der Waals surface area contributed by atoms with Crippen molar-refractivity contribution >= 4 is 5.91 Å². The van der Waals surface area contributed by atoms with Gasteiger partial charge in [0.25, 0.3) is 0 Å². The number of benzene rings is 1. The molecule has 1 aliphatic carbocycles. The van der Waals surface area contributed by atoms with Gasteiger partial charge in [0.1, 0.15) is 5.82 Å². The van der Waals surface area contributed by atoms with Gasteiger partial charge < -0.3 is 15.0 Å². The summed E-state index contributed by atoms with van der Waals surface area (Å²) in [5.74, 6) is -0.0316. The maximum Gasteiger partial charge on any atom is 0.223 e. The molecular weight excluding hydrogens is 343 g/mol. The summed E-state index contributed by atoms with van der Waals surface area (Å²) >= 11 is 0. The summed E-state index contributed by atoms with van der Waals surface area (Å²) in [6.07, 6.45) is 8.86. The molecular formula is C22H31FN2O2. The van der Waals surface area contributed by atoms with E-state index in [1.54, 1.807) is 12.1 Å². The van der Waals surface area contributed by atoms with Gasteiger partial charge in [-0.05, 0) is 68.3 Å². The standard InChI is InChI=1S/C22H31FN2O2/c23-19-5-3-17(4-6-19)14-24-21(26)18-7-11-25(12-8-18)15-20-13-22(16-27-20)9-1-2-10-22/h3-6,18,20H,1-2,7-16H2,(H,24,26). The van der Waals surface area contributed by atoms with E-state index in [0.717, 1.165) is 44.6 Å². The second-order valence-corrected chi connectivity index (χ2v) is 8.76. The quantitative estimate of drug-likeness (QED) is 0.858. The lowest BCUT2D eigenvalue weighted by molar-refractivity contribution is -0.126. The molecule has 2 heterocycles. The minimum atomic E-state index is -0.248. The molecule has 1 saturated carbocycles. The molecule has 2 saturated heterocycles. The van der Waals surface area contributed by atoms with Crippen molar-refractivity contribution < 1.29 is 13.9 Å². The molecule has 1 aromatic carbocycles. The number of piperidine rings is 1. The molecule has 1 amide bonds. The van der Waals surface area contributed by atoms with Crippen molar-refractivity contribution in [3.8, 4) is 0 Å². The summed E-state index contributed by atoms with van der Waals surface area (Å²) in [5.41, 5.74) is 1.42. The Morgan fingerprint density at radius 1 is 1.19 bits per heavy atom. The summed E-state index contributed by atoms with van der Waals surface area (Å²) in [5, 5.41) is 3.00. The molecule has 1 unspecified atom stereocenters. The predicted octanol–water partition coefficient (Wildman–Crippen LogP) is 3.50. The van der Waals surface area contributed by atoms with E-state index in [4.69, 9.17) is 4.74 Å². The first-order chi connectivity index (χ1) is 13.1. The average molecular weight is 375 g/mol. The molecule has 3 fully saturated rings. The van der Waals surface area contributed by atoms with Crippen LogP contribution < -0.4 is 5.32 Å².